The number of morpholine rings is 1. The fraction of sp³-hybridized carbons (Fsp3) is 0.312. The minimum atomic E-state index is -0.585. The van der Waals surface area contributed by atoms with Crippen molar-refractivity contribution in [2.24, 2.45) is 5.73 Å². The highest BCUT2D eigenvalue weighted by atomic mass is 32.2. The molecule has 0 bridgehead atoms. The van der Waals surface area contributed by atoms with E-state index in [0.717, 1.165) is 29.4 Å². The summed E-state index contributed by atoms with van der Waals surface area (Å²) in [5, 5.41) is 2.54. The molecule has 3 N–H and O–H groups in total. The maximum atomic E-state index is 10.9. The highest BCUT2D eigenvalue weighted by Gasteiger charge is 2.17. The van der Waals surface area contributed by atoms with E-state index in [1.54, 1.807) is 23.9 Å². The lowest BCUT2D eigenvalue weighted by Crippen LogP contribution is -2.37. The van der Waals surface area contributed by atoms with Crippen LogP contribution in [0.5, 0.6) is 0 Å². The number of hydrogen-bond donors (Lipinski definition) is 2. The quantitative estimate of drug-likeness (QED) is 0.825. The van der Waals surface area contributed by atoms with Crippen molar-refractivity contribution in [1.82, 2.24) is 9.97 Å². The van der Waals surface area contributed by atoms with E-state index < -0.39 is 6.03 Å². The number of thioether (sulfide) groups is 1. The zero-order valence-corrected chi connectivity index (χ0v) is 14.2. The van der Waals surface area contributed by atoms with Gasteiger partial charge >= 0.3 is 6.03 Å². The maximum Gasteiger partial charge on any atom is 0.316 e. The molecule has 1 aromatic carbocycles. The van der Waals surface area contributed by atoms with E-state index in [1.807, 2.05) is 24.6 Å². The number of benzene rings is 1. The minimum absolute atomic E-state index is 0.585. The standard InChI is InChI=1S/C16H19N5O2S/c1-24-13-10-18-14(20-15(13)21-6-8-23-9-7-21)11-2-4-12(5-3-11)19-16(17)22/h2-5,10H,6-9H2,1H3,(H3,17,19,22). The van der Waals surface area contributed by atoms with Gasteiger partial charge in [0.2, 0.25) is 0 Å². The predicted octanol–water partition coefficient (Wildman–Crippen LogP) is 2.19. The summed E-state index contributed by atoms with van der Waals surface area (Å²) in [6.45, 7) is 3.07. The van der Waals surface area contributed by atoms with Gasteiger partial charge in [-0.05, 0) is 30.5 Å². The second-order valence-corrected chi connectivity index (χ2v) is 6.10. The number of rotatable bonds is 4. The molecule has 1 aliphatic heterocycles. The summed E-state index contributed by atoms with van der Waals surface area (Å²) in [6, 6.07) is 6.70. The fourth-order valence-corrected chi connectivity index (χ4v) is 3.01. The second kappa shape index (κ2) is 7.50. The molecule has 1 aliphatic rings. The second-order valence-electron chi connectivity index (χ2n) is 5.25. The van der Waals surface area contributed by atoms with Crippen molar-refractivity contribution in [3.05, 3.63) is 30.5 Å². The van der Waals surface area contributed by atoms with Crippen LogP contribution >= 0.6 is 11.8 Å². The topological polar surface area (TPSA) is 93.4 Å². The third-order valence-corrected chi connectivity index (χ3v) is 4.41. The first kappa shape index (κ1) is 16.5. The molecular formula is C16H19N5O2S. The van der Waals surface area contributed by atoms with Crippen molar-refractivity contribution in [3.63, 3.8) is 0 Å². The van der Waals surface area contributed by atoms with Gasteiger partial charge in [-0.1, -0.05) is 0 Å². The van der Waals surface area contributed by atoms with E-state index in [-0.39, 0.29) is 0 Å². The zero-order valence-electron chi connectivity index (χ0n) is 13.4. The van der Waals surface area contributed by atoms with Crippen molar-refractivity contribution >= 4 is 29.3 Å². The molecule has 7 nitrogen and oxygen atoms in total. The van der Waals surface area contributed by atoms with E-state index in [1.165, 1.54) is 0 Å². The summed E-state index contributed by atoms with van der Waals surface area (Å²) >= 11 is 1.63. The molecule has 0 unspecified atom stereocenters. The van der Waals surface area contributed by atoms with Crippen molar-refractivity contribution in [3.8, 4) is 11.4 Å². The normalized spacial score (nSPS) is 14.5. The number of aromatic nitrogens is 2. The first-order chi connectivity index (χ1) is 11.7. The van der Waals surface area contributed by atoms with Crippen LogP contribution in [0.25, 0.3) is 11.4 Å². The summed E-state index contributed by atoms with van der Waals surface area (Å²) < 4.78 is 5.42. The molecule has 2 heterocycles. The Morgan fingerprint density at radius 1 is 1.29 bits per heavy atom. The predicted molar refractivity (Wildman–Crippen MR) is 95.5 cm³/mol. The number of carbonyl (C=O) groups excluding carboxylic acids is 1. The van der Waals surface area contributed by atoms with Gasteiger partial charge in [0.25, 0.3) is 0 Å². The van der Waals surface area contributed by atoms with Crippen LogP contribution in [0.15, 0.2) is 35.4 Å². The van der Waals surface area contributed by atoms with Crippen LogP contribution in [0.2, 0.25) is 0 Å². The lowest BCUT2D eigenvalue weighted by atomic mass is 10.2. The molecule has 1 fully saturated rings. The first-order valence-corrected chi connectivity index (χ1v) is 8.80. The highest BCUT2D eigenvalue weighted by Crippen LogP contribution is 2.29. The van der Waals surface area contributed by atoms with E-state index in [4.69, 9.17) is 15.5 Å². The Morgan fingerprint density at radius 2 is 2.00 bits per heavy atom. The molecule has 0 atom stereocenters. The molecule has 1 aromatic heterocycles. The molecule has 2 amide bonds. The smallest absolute Gasteiger partial charge is 0.316 e. The molecule has 0 saturated carbocycles. The Balaban J connectivity index is 1.89. The summed E-state index contributed by atoms with van der Waals surface area (Å²) in [6.07, 6.45) is 3.87. The molecule has 3 rings (SSSR count). The number of nitrogens with one attached hydrogen (secondary N) is 1. The van der Waals surface area contributed by atoms with Crippen LogP contribution in [0, 0.1) is 0 Å². The third kappa shape index (κ3) is 3.77. The van der Waals surface area contributed by atoms with Gasteiger partial charge < -0.3 is 20.7 Å². The monoisotopic (exact) mass is 345 g/mol. The van der Waals surface area contributed by atoms with E-state index >= 15 is 0 Å². The molecular weight excluding hydrogens is 326 g/mol. The van der Waals surface area contributed by atoms with Gasteiger partial charge in [0.15, 0.2) is 5.82 Å². The highest BCUT2D eigenvalue weighted by molar-refractivity contribution is 7.98. The van der Waals surface area contributed by atoms with Crippen molar-refractivity contribution in [1.29, 1.82) is 0 Å². The summed E-state index contributed by atoms with van der Waals surface area (Å²) in [7, 11) is 0. The van der Waals surface area contributed by atoms with E-state index in [2.05, 4.69) is 15.2 Å². The zero-order chi connectivity index (χ0) is 16.9. The number of nitrogens with two attached hydrogens (primary N) is 1. The molecule has 0 spiro atoms. The lowest BCUT2D eigenvalue weighted by molar-refractivity contribution is 0.122. The molecule has 2 aromatic rings. The van der Waals surface area contributed by atoms with E-state index in [0.29, 0.717) is 24.7 Å². The number of nitrogens with zero attached hydrogens (tertiary/aromatic N) is 3. The summed E-state index contributed by atoms with van der Waals surface area (Å²) in [5.74, 6) is 1.59. The van der Waals surface area contributed by atoms with Crippen LogP contribution in [-0.2, 0) is 4.74 Å². The van der Waals surface area contributed by atoms with Gasteiger partial charge in [0, 0.05) is 30.5 Å². The van der Waals surface area contributed by atoms with Gasteiger partial charge in [-0.15, -0.1) is 11.8 Å². The van der Waals surface area contributed by atoms with Crippen LogP contribution in [0.3, 0.4) is 0 Å². The Bertz CT molecular complexity index is 717. The summed E-state index contributed by atoms with van der Waals surface area (Å²) in [5.41, 5.74) is 6.64. The average molecular weight is 345 g/mol. The maximum absolute atomic E-state index is 10.9. The molecule has 1 saturated heterocycles. The fourth-order valence-electron chi connectivity index (χ4n) is 2.49. The lowest BCUT2D eigenvalue weighted by Gasteiger charge is -2.29. The van der Waals surface area contributed by atoms with Gasteiger partial charge in [-0.2, -0.15) is 0 Å². The Kier molecular flexibility index (Phi) is 5.17. The molecule has 126 valence electrons. The van der Waals surface area contributed by atoms with Gasteiger partial charge in [-0.25, -0.2) is 14.8 Å². The Morgan fingerprint density at radius 3 is 2.62 bits per heavy atom. The molecule has 0 aliphatic carbocycles. The minimum Gasteiger partial charge on any atom is -0.378 e. The van der Waals surface area contributed by atoms with Crippen LogP contribution < -0.4 is 16.0 Å². The van der Waals surface area contributed by atoms with Crippen molar-refractivity contribution < 1.29 is 9.53 Å². The third-order valence-electron chi connectivity index (χ3n) is 3.68. The van der Waals surface area contributed by atoms with Crippen LogP contribution in [-0.4, -0.2) is 48.6 Å². The number of ether oxygens (including phenoxy) is 1. The number of hydrogen-bond acceptors (Lipinski definition) is 6. The largest absolute Gasteiger partial charge is 0.378 e. The van der Waals surface area contributed by atoms with Crippen molar-refractivity contribution in [2.45, 2.75) is 4.90 Å². The number of amides is 2. The Hall–Kier alpha value is -2.32. The van der Waals surface area contributed by atoms with Gasteiger partial charge in [0.05, 0.1) is 18.1 Å². The molecule has 8 heteroatoms. The number of primary amides is 1. The van der Waals surface area contributed by atoms with Crippen molar-refractivity contribution in [2.75, 3.05) is 42.8 Å². The van der Waals surface area contributed by atoms with Gasteiger partial charge in [-0.3, -0.25) is 0 Å². The Labute approximate surface area is 144 Å². The number of anilines is 2. The van der Waals surface area contributed by atoms with Crippen LogP contribution in [0.4, 0.5) is 16.3 Å². The SMILES string of the molecule is CSc1cnc(-c2ccc(NC(N)=O)cc2)nc1N1CCOCC1. The molecule has 0 radical (unpaired) electrons. The first-order valence-electron chi connectivity index (χ1n) is 7.58. The number of urea groups is 1. The van der Waals surface area contributed by atoms with Gasteiger partial charge in [0.1, 0.15) is 5.82 Å². The summed E-state index contributed by atoms with van der Waals surface area (Å²) in [4.78, 5) is 23.4. The average Bonchev–Trinajstić information content (AvgIpc) is 2.62. The van der Waals surface area contributed by atoms with E-state index in [9.17, 15) is 4.79 Å². The number of carbonyl (C=O) groups is 1. The van der Waals surface area contributed by atoms with Crippen LogP contribution in [0.1, 0.15) is 0 Å². The molecule has 24 heavy (non-hydrogen) atoms.